The van der Waals surface area contributed by atoms with Crippen LogP contribution >= 0.6 is 0 Å². The van der Waals surface area contributed by atoms with Gasteiger partial charge in [0.2, 0.25) is 5.91 Å². The van der Waals surface area contributed by atoms with Gasteiger partial charge in [-0.15, -0.1) is 0 Å². The van der Waals surface area contributed by atoms with Crippen LogP contribution < -0.4 is 5.32 Å². The third-order valence-electron chi connectivity index (χ3n) is 2.91. The maximum Gasteiger partial charge on any atom is 0.223 e. The standard InChI is InChI=1S/C14H18N2O/c1-3-13(4-2)14(17)16-10-12-7-5-11(9-15)6-8-12/h5-8,13H,3-4,10H2,1-2H3,(H,16,17). The monoisotopic (exact) mass is 230 g/mol. The summed E-state index contributed by atoms with van der Waals surface area (Å²) in [5.74, 6) is 0.216. The Morgan fingerprint density at radius 1 is 1.29 bits per heavy atom. The molecule has 0 saturated heterocycles. The molecule has 0 spiro atoms. The van der Waals surface area contributed by atoms with Crippen molar-refractivity contribution in [2.45, 2.75) is 33.2 Å². The van der Waals surface area contributed by atoms with E-state index in [0.29, 0.717) is 12.1 Å². The van der Waals surface area contributed by atoms with Gasteiger partial charge in [-0.05, 0) is 30.5 Å². The molecule has 0 bridgehead atoms. The zero-order chi connectivity index (χ0) is 12.7. The molecule has 0 heterocycles. The van der Waals surface area contributed by atoms with Crippen molar-refractivity contribution in [3.63, 3.8) is 0 Å². The molecule has 1 amide bonds. The van der Waals surface area contributed by atoms with Gasteiger partial charge in [0.25, 0.3) is 0 Å². The topological polar surface area (TPSA) is 52.9 Å². The molecule has 3 heteroatoms. The molecule has 0 radical (unpaired) electrons. The minimum Gasteiger partial charge on any atom is -0.352 e. The van der Waals surface area contributed by atoms with Crippen molar-refractivity contribution in [1.29, 1.82) is 5.26 Å². The number of carbonyl (C=O) groups excluding carboxylic acids is 1. The van der Waals surface area contributed by atoms with E-state index in [4.69, 9.17) is 5.26 Å². The lowest BCUT2D eigenvalue weighted by Gasteiger charge is -2.12. The Morgan fingerprint density at radius 3 is 2.35 bits per heavy atom. The van der Waals surface area contributed by atoms with E-state index in [0.717, 1.165) is 18.4 Å². The summed E-state index contributed by atoms with van der Waals surface area (Å²) in [4.78, 5) is 11.7. The van der Waals surface area contributed by atoms with Crippen LogP contribution in [0.3, 0.4) is 0 Å². The van der Waals surface area contributed by atoms with Gasteiger partial charge < -0.3 is 5.32 Å². The molecule has 0 fully saturated rings. The number of nitrogens with zero attached hydrogens (tertiary/aromatic N) is 1. The first-order chi connectivity index (χ1) is 8.21. The number of amides is 1. The van der Waals surface area contributed by atoms with Crippen molar-refractivity contribution in [1.82, 2.24) is 5.32 Å². The van der Waals surface area contributed by atoms with Crippen LogP contribution in [0.1, 0.15) is 37.8 Å². The average molecular weight is 230 g/mol. The Morgan fingerprint density at radius 2 is 1.88 bits per heavy atom. The Balaban J connectivity index is 2.50. The third-order valence-corrected chi connectivity index (χ3v) is 2.91. The van der Waals surface area contributed by atoms with Crippen LogP contribution in [0.15, 0.2) is 24.3 Å². The van der Waals surface area contributed by atoms with Crippen molar-refractivity contribution >= 4 is 5.91 Å². The number of nitriles is 1. The first-order valence-corrected chi connectivity index (χ1v) is 5.98. The third kappa shape index (κ3) is 3.92. The predicted octanol–water partition coefficient (Wildman–Crippen LogP) is 2.61. The summed E-state index contributed by atoms with van der Waals surface area (Å²) in [7, 11) is 0. The van der Waals surface area contributed by atoms with Crippen LogP contribution in [0, 0.1) is 17.2 Å². The summed E-state index contributed by atoms with van der Waals surface area (Å²) in [5, 5.41) is 11.6. The van der Waals surface area contributed by atoms with Gasteiger partial charge in [-0.1, -0.05) is 26.0 Å². The van der Waals surface area contributed by atoms with E-state index in [-0.39, 0.29) is 11.8 Å². The van der Waals surface area contributed by atoms with Crippen molar-refractivity contribution in [3.05, 3.63) is 35.4 Å². The highest BCUT2D eigenvalue weighted by Gasteiger charge is 2.12. The lowest BCUT2D eigenvalue weighted by atomic mass is 10.0. The number of carbonyl (C=O) groups is 1. The molecule has 0 aromatic heterocycles. The van der Waals surface area contributed by atoms with Crippen molar-refractivity contribution in [2.24, 2.45) is 5.92 Å². The van der Waals surface area contributed by atoms with Crippen LogP contribution in [0.2, 0.25) is 0 Å². The fourth-order valence-corrected chi connectivity index (χ4v) is 1.69. The van der Waals surface area contributed by atoms with Crippen LogP contribution in [-0.4, -0.2) is 5.91 Å². The normalized spacial score (nSPS) is 10.0. The van der Waals surface area contributed by atoms with Gasteiger partial charge in [0, 0.05) is 12.5 Å². The summed E-state index contributed by atoms with van der Waals surface area (Å²) in [6, 6.07) is 9.33. The first-order valence-electron chi connectivity index (χ1n) is 5.98. The van der Waals surface area contributed by atoms with Crippen molar-refractivity contribution in [3.8, 4) is 6.07 Å². The predicted molar refractivity (Wildman–Crippen MR) is 67.1 cm³/mol. The molecule has 1 N–H and O–H groups in total. The molecule has 0 aliphatic rings. The minimum absolute atomic E-state index is 0.105. The first kappa shape index (κ1) is 13.2. The van der Waals surface area contributed by atoms with Gasteiger partial charge >= 0.3 is 0 Å². The second-order valence-electron chi connectivity index (χ2n) is 4.04. The van der Waals surface area contributed by atoms with Gasteiger partial charge in [0.15, 0.2) is 0 Å². The summed E-state index contributed by atoms with van der Waals surface area (Å²) in [5.41, 5.74) is 1.66. The van der Waals surface area contributed by atoms with Crippen LogP contribution in [0.25, 0.3) is 0 Å². The molecule has 0 aliphatic heterocycles. The van der Waals surface area contributed by atoms with Crippen LogP contribution in [-0.2, 0) is 11.3 Å². The Kier molecular flexibility index (Phi) is 5.22. The van der Waals surface area contributed by atoms with Gasteiger partial charge in [-0.3, -0.25) is 4.79 Å². The molecule has 0 unspecified atom stereocenters. The fourth-order valence-electron chi connectivity index (χ4n) is 1.69. The zero-order valence-electron chi connectivity index (χ0n) is 10.4. The molecule has 1 aromatic rings. The Labute approximate surface area is 102 Å². The average Bonchev–Trinajstić information content (AvgIpc) is 2.38. The number of rotatable bonds is 5. The number of hydrogen-bond acceptors (Lipinski definition) is 2. The van der Waals surface area contributed by atoms with E-state index in [9.17, 15) is 4.79 Å². The highest BCUT2D eigenvalue weighted by molar-refractivity contribution is 5.78. The smallest absolute Gasteiger partial charge is 0.223 e. The molecule has 0 aliphatic carbocycles. The largest absolute Gasteiger partial charge is 0.352 e. The minimum atomic E-state index is 0.105. The van der Waals surface area contributed by atoms with Crippen molar-refractivity contribution < 1.29 is 4.79 Å². The summed E-state index contributed by atoms with van der Waals surface area (Å²) < 4.78 is 0. The molecular formula is C14H18N2O. The molecule has 90 valence electrons. The quantitative estimate of drug-likeness (QED) is 0.845. The maximum absolute atomic E-state index is 11.7. The maximum atomic E-state index is 11.7. The number of hydrogen-bond donors (Lipinski definition) is 1. The zero-order valence-corrected chi connectivity index (χ0v) is 10.4. The number of benzene rings is 1. The highest BCUT2D eigenvalue weighted by Crippen LogP contribution is 2.08. The molecule has 3 nitrogen and oxygen atoms in total. The van der Waals surface area contributed by atoms with Gasteiger partial charge in [0.05, 0.1) is 11.6 Å². The second kappa shape index (κ2) is 6.70. The van der Waals surface area contributed by atoms with E-state index in [1.54, 1.807) is 12.1 Å². The molecular weight excluding hydrogens is 212 g/mol. The Bertz CT molecular complexity index is 399. The molecule has 1 rings (SSSR count). The lowest BCUT2D eigenvalue weighted by molar-refractivity contribution is -0.125. The number of nitrogens with one attached hydrogen (secondary N) is 1. The van der Waals surface area contributed by atoms with Gasteiger partial charge in [-0.2, -0.15) is 5.26 Å². The van der Waals surface area contributed by atoms with Crippen LogP contribution in [0.4, 0.5) is 0 Å². The molecule has 17 heavy (non-hydrogen) atoms. The summed E-state index contributed by atoms with van der Waals surface area (Å²) >= 11 is 0. The van der Waals surface area contributed by atoms with E-state index >= 15 is 0 Å². The van der Waals surface area contributed by atoms with E-state index in [1.807, 2.05) is 26.0 Å². The molecule has 1 aromatic carbocycles. The van der Waals surface area contributed by atoms with Crippen LogP contribution in [0.5, 0.6) is 0 Å². The van der Waals surface area contributed by atoms with E-state index in [2.05, 4.69) is 11.4 Å². The summed E-state index contributed by atoms with van der Waals surface area (Å²) in [6.07, 6.45) is 1.74. The van der Waals surface area contributed by atoms with Gasteiger partial charge in [0.1, 0.15) is 0 Å². The van der Waals surface area contributed by atoms with E-state index < -0.39 is 0 Å². The summed E-state index contributed by atoms with van der Waals surface area (Å²) in [6.45, 7) is 4.58. The van der Waals surface area contributed by atoms with Gasteiger partial charge in [-0.25, -0.2) is 0 Å². The van der Waals surface area contributed by atoms with E-state index in [1.165, 1.54) is 0 Å². The fraction of sp³-hybridized carbons (Fsp3) is 0.429. The molecule has 0 saturated carbocycles. The Hall–Kier alpha value is -1.82. The second-order valence-corrected chi connectivity index (χ2v) is 4.04. The highest BCUT2D eigenvalue weighted by atomic mass is 16.1. The van der Waals surface area contributed by atoms with Crippen molar-refractivity contribution in [2.75, 3.05) is 0 Å². The lowest BCUT2D eigenvalue weighted by Crippen LogP contribution is -2.29. The SMILES string of the molecule is CCC(CC)C(=O)NCc1ccc(C#N)cc1. The molecule has 0 atom stereocenters.